The third-order valence-electron chi connectivity index (χ3n) is 18.2. The molecule has 8 heterocycles. The Morgan fingerprint density at radius 1 is 0.852 bits per heavy atom. The van der Waals surface area contributed by atoms with Crippen molar-refractivity contribution in [2.45, 2.75) is 265 Å². The molecule has 7 saturated heterocycles. The maximum atomic E-state index is 14.4. The van der Waals surface area contributed by atoms with Crippen molar-refractivity contribution in [1.29, 1.82) is 0 Å². The molecule has 8 aliphatic heterocycles. The predicted molar refractivity (Wildman–Crippen MR) is 291 cm³/mol. The van der Waals surface area contributed by atoms with Crippen LogP contribution >= 0.6 is 0 Å². The zero-order valence-electron chi connectivity index (χ0n) is 48.4. The summed E-state index contributed by atoms with van der Waals surface area (Å²) in [6, 6.07) is 0. The van der Waals surface area contributed by atoms with E-state index in [0.29, 0.717) is 44.1 Å². The summed E-state index contributed by atoms with van der Waals surface area (Å²) in [4.78, 5) is 41.2. The zero-order chi connectivity index (χ0) is 58.8. The SMILES string of the molecule is C=C/C=C/[C@@H](O)CC(=C)C[C@H]1O[C@@H]2[C@H](C)[C@@H](OC(=O)C[C@H]3C[C@H](OC(C)=O)C[C@@]4(C[C@@](C)(O)C[C@H](/C=C5\CO[C@@H]([C@@H]5C)[C@@H](C)C(=O)C[C@@H]5C[C@H](OC)C[C@@]6(C[C@@H](O)C[C@H](/C=C\CCC[C@H]7O[C@](O)(C[C@H](O)[C@H]7C)[C@H]2O)O6)O5)O4)O3)[C@@H]1O. The number of Topliss-reactive ketones (excluding diaryl/α,β-unsaturated/α-hetero) is 1. The Hall–Kier alpha value is -3.29. The molecule has 0 amide bonds. The van der Waals surface area contributed by atoms with Gasteiger partial charge in [-0.2, -0.15) is 0 Å². The highest BCUT2D eigenvalue weighted by atomic mass is 16.7. The van der Waals surface area contributed by atoms with E-state index in [1.165, 1.54) is 19.1 Å². The van der Waals surface area contributed by atoms with Gasteiger partial charge in [-0.05, 0) is 44.6 Å². The Kier molecular flexibility index (Phi) is 20.9. The second-order valence-electron chi connectivity index (χ2n) is 25.2. The van der Waals surface area contributed by atoms with E-state index >= 15 is 0 Å². The van der Waals surface area contributed by atoms with Crippen molar-refractivity contribution in [2.75, 3.05) is 13.7 Å². The standard InChI is InChI=1S/C61H92O20/c1-10-11-15-40(63)18-33(2)19-51-53(68)55-37(6)56(75-51)57(69)61(71)30-49(66)35(4)50(81-61)17-14-12-13-16-42-21-41(64)26-59(77-42)28-45(72-9)22-43(78-59)24-48(65)36(5)54-34(3)39(31-73-54)20-47-27-58(8,70)32-60(80-47)29-46(74-38(7)62)23-44(79-60)25-52(67)76-55/h10-11,13,15-16,20,34-37,40-47,49-51,53-57,63-64,66,68-71H,1-2,12,14,17-19,21-32H2,3-9H3/b15-11+,16-13-,39-20+/t34-,35-,36+,37-,40-,41+,42+,43+,44-,45+,46+,47+,49+,50-,51-,53-,54+,55-,56-,57+,58+,59-,60-,61-/m1/s1. The first-order chi connectivity index (χ1) is 38.2. The normalized spacial score (nSPS) is 47.3. The third kappa shape index (κ3) is 15.6. The van der Waals surface area contributed by atoms with Crippen LogP contribution < -0.4 is 0 Å². The van der Waals surface area contributed by atoms with Gasteiger partial charge in [-0.15, -0.1) is 0 Å². The van der Waals surface area contributed by atoms with Gasteiger partial charge in [0.1, 0.15) is 30.2 Å². The molecule has 2 spiro atoms. The summed E-state index contributed by atoms with van der Waals surface area (Å²) in [5.74, 6) is -8.84. The van der Waals surface area contributed by atoms with E-state index < -0.39 is 157 Å². The van der Waals surface area contributed by atoms with Crippen LogP contribution in [0.4, 0.5) is 0 Å². The lowest BCUT2D eigenvalue weighted by Gasteiger charge is -2.51. The van der Waals surface area contributed by atoms with Crippen molar-refractivity contribution < 1.29 is 97.5 Å². The van der Waals surface area contributed by atoms with Gasteiger partial charge in [-0.25, -0.2) is 0 Å². The lowest BCUT2D eigenvalue weighted by atomic mass is 9.78. The third-order valence-corrected chi connectivity index (χ3v) is 18.2. The number of allylic oxidation sites excluding steroid dienone is 3. The van der Waals surface area contributed by atoms with Crippen LogP contribution in [0.1, 0.15) is 144 Å². The molecule has 0 radical (unpaired) electrons. The first-order valence-corrected chi connectivity index (χ1v) is 29.5. The minimum absolute atomic E-state index is 0.0300. The summed E-state index contributed by atoms with van der Waals surface area (Å²) in [5.41, 5.74) is -0.0508. The number of carbonyl (C=O) groups is 3. The summed E-state index contributed by atoms with van der Waals surface area (Å²) >= 11 is 0. The van der Waals surface area contributed by atoms with Gasteiger partial charge < -0.3 is 83.1 Å². The molecular weight excluding hydrogens is 1050 g/mol. The number of aliphatic hydroxyl groups is 7. The maximum absolute atomic E-state index is 14.4. The quantitative estimate of drug-likeness (QED) is 0.0977. The van der Waals surface area contributed by atoms with Crippen molar-refractivity contribution in [3.8, 4) is 0 Å². The summed E-state index contributed by atoms with van der Waals surface area (Å²) in [6.45, 7) is 18.1. The average molecular weight is 1150 g/mol. The van der Waals surface area contributed by atoms with Crippen LogP contribution in [0.2, 0.25) is 0 Å². The molecule has 20 nitrogen and oxygen atoms in total. The van der Waals surface area contributed by atoms with Crippen LogP contribution in [0, 0.1) is 23.7 Å². The molecule has 0 aromatic carbocycles. The van der Waals surface area contributed by atoms with Crippen LogP contribution in [0.15, 0.2) is 60.8 Å². The topological polar surface area (TPSA) is 285 Å². The summed E-state index contributed by atoms with van der Waals surface area (Å²) in [5, 5.41) is 82.1. The van der Waals surface area contributed by atoms with Crippen LogP contribution in [-0.4, -0.2) is 188 Å². The highest BCUT2D eigenvalue weighted by molar-refractivity contribution is 5.82. The lowest BCUT2D eigenvalue weighted by molar-refractivity contribution is -0.350. The number of esters is 2. The first kappa shape index (κ1) is 63.7. The Bertz CT molecular complexity index is 2300. The molecular formula is C61H92O20. The van der Waals surface area contributed by atoms with Crippen molar-refractivity contribution in [1.82, 2.24) is 0 Å². The van der Waals surface area contributed by atoms with Gasteiger partial charge >= 0.3 is 11.9 Å². The van der Waals surface area contributed by atoms with E-state index in [4.69, 9.17) is 47.4 Å². The average Bonchev–Trinajstić information content (AvgIpc) is 3.58. The van der Waals surface area contributed by atoms with Crippen molar-refractivity contribution >= 4 is 17.7 Å². The molecule has 8 rings (SSSR count). The minimum atomic E-state index is -2.37. The Labute approximate surface area is 476 Å². The molecule has 456 valence electrons. The van der Waals surface area contributed by atoms with Gasteiger partial charge in [0.15, 0.2) is 17.4 Å². The number of rotatable bonds is 8. The van der Waals surface area contributed by atoms with Gasteiger partial charge in [0.05, 0.1) is 91.9 Å². The van der Waals surface area contributed by atoms with Gasteiger partial charge in [-0.1, -0.05) is 82.9 Å². The van der Waals surface area contributed by atoms with E-state index in [0.717, 1.165) is 5.57 Å². The van der Waals surface area contributed by atoms with E-state index in [1.807, 2.05) is 32.1 Å². The fourth-order valence-electron chi connectivity index (χ4n) is 14.2. The smallest absolute Gasteiger partial charge is 0.308 e. The number of fused-ring (bicyclic) bond motifs is 10. The zero-order valence-corrected chi connectivity index (χ0v) is 48.4. The number of ether oxygens (including phenoxy) is 10. The summed E-state index contributed by atoms with van der Waals surface area (Å²) in [7, 11) is 1.61. The molecule has 0 aromatic rings. The number of hydrogen-bond acceptors (Lipinski definition) is 20. The van der Waals surface area contributed by atoms with Crippen LogP contribution in [0.5, 0.6) is 0 Å². The van der Waals surface area contributed by atoms with E-state index in [2.05, 4.69) is 13.2 Å². The van der Waals surface area contributed by atoms with Gasteiger partial charge in [0.25, 0.3) is 0 Å². The molecule has 12 bridgehead atoms. The summed E-state index contributed by atoms with van der Waals surface area (Å²) in [6.07, 6.45) is -2.66. The Morgan fingerprint density at radius 3 is 2.28 bits per heavy atom. The number of carbonyl (C=O) groups excluding carboxylic acids is 3. The molecule has 20 heteroatoms. The monoisotopic (exact) mass is 1140 g/mol. The second-order valence-corrected chi connectivity index (χ2v) is 25.2. The molecule has 24 atom stereocenters. The number of aliphatic hydroxyl groups excluding tert-OH is 5. The minimum Gasteiger partial charge on any atom is -0.462 e. The fourth-order valence-corrected chi connectivity index (χ4v) is 14.2. The maximum Gasteiger partial charge on any atom is 0.308 e. The molecule has 0 aromatic heterocycles. The van der Waals surface area contributed by atoms with E-state index in [1.54, 1.807) is 34.0 Å². The molecule has 0 saturated carbocycles. The molecule has 7 fully saturated rings. The molecule has 0 aliphatic carbocycles. The van der Waals surface area contributed by atoms with Crippen molar-refractivity contribution in [3.63, 3.8) is 0 Å². The lowest BCUT2D eigenvalue weighted by Crippen LogP contribution is -2.65. The molecule has 0 unspecified atom stereocenters. The predicted octanol–water partition coefficient (Wildman–Crippen LogP) is 4.79. The molecule has 8 aliphatic rings. The van der Waals surface area contributed by atoms with Gasteiger partial charge in [0.2, 0.25) is 0 Å². The van der Waals surface area contributed by atoms with Crippen LogP contribution in [-0.2, 0) is 61.8 Å². The van der Waals surface area contributed by atoms with E-state index in [9.17, 15) is 50.1 Å². The Morgan fingerprint density at radius 2 is 1.56 bits per heavy atom. The summed E-state index contributed by atoms with van der Waals surface area (Å²) < 4.78 is 63.9. The van der Waals surface area contributed by atoms with Crippen LogP contribution in [0.25, 0.3) is 0 Å². The van der Waals surface area contributed by atoms with Gasteiger partial charge in [0, 0.05) is 102 Å². The molecule has 81 heavy (non-hydrogen) atoms. The fraction of sp³-hybridized carbons (Fsp3) is 0.787. The highest BCUT2D eigenvalue weighted by Gasteiger charge is 2.58. The van der Waals surface area contributed by atoms with Crippen molar-refractivity contribution in [2.24, 2.45) is 23.7 Å². The molecule has 7 N–H and O–H groups in total. The second kappa shape index (κ2) is 26.5. The van der Waals surface area contributed by atoms with Gasteiger partial charge in [-0.3, -0.25) is 14.4 Å². The number of ketones is 1. The largest absolute Gasteiger partial charge is 0.462 e. The van der Waals surface area contributed by atoms with Crippen molar-refractivity contribution in [3.05, 3.63) is 60.8 Å². The highest BCUT2D eigenvalue weighted by Crippen LogP contribution is 2.48. The number of hydrogen-bond donors (Lipinski definition) is 7. The Balaban J connectivity index is 1.10. The van der Waals surface area contributed by atoms with E-state index in [-0.39, 0.29) is 75.8 Å². The van der Waals surface area contributed by atoms with Crippen LogP contribution in [0.3, 0.4) is 0 Å². The first-order valence-electron chi connectivity index (χ1n) is 29.5. The number of methoxy groups -OCH3 is 1.